The van der Waals surface area contributed by atoms with E-state index in [0.29, 0.717) is 0 Å². The Bertz CT molecular complexity index is 248. The number of rotatable bonds is 4. The standard InChI is InChI=1S/C11H20N2O3/c1-2-9-4-7-13(8-5-9)11(16)12-6-3-10(14)15/h9H,2-8H2,1H3,(H,12,16)(H,14,15). The summed E-state index contributed by atoms with van der Waals surface area (Å²) >= 11 is 0. The molecule has 1 aliphatic heterocycles. The summed E-state index contributed by atoms with van der Waals surface area (Å²) in [6, 6.07) is -0.129. The van der Waals surface area contributed by atoms with Gasteiger partial charge in [-0.2, -0.15) is 0 Å². The van der Waals surface area contributed by atoms with Gasteiger partial charge in [0, 0.05) is 19.6 Å². The number of carbonyl (C=O) groups excluding carboxylic acids is 1. The van der Waals surface area contributed by atoms with Crippen LogP contribution in [0.5, 0.6) is 0 Å². The zero-order chi connectivity index (χ0) is 12.0. The monoisotopic (exact) mass is 228 g/mol. The second kappa shape index (κ2) is 6.35. The highest BCUT2D eigenvalue weighted by molar-refractivity contribution is 5.75. The van der Waals surface area contributed by atoms with Crippen LogP contribution in [0, 0.1) is 5.92 Å². The number of nitrogens with zero attached hydrogens (tertiary/aromatic N) is 1. The van der Waals surface area contributed by atoms with Crippen LogP contribution in [0.1, 0.15) is 32.6 Å². The second-order valence-corrected chi connectivity index (χ2v) is 4.21. The summed E-state index contributed by atoms with van der Waals surface area (Å²) in [6.45, 7) is 3.96. The summed E-state index contributed by atoms with van der Waals surface area (Å²) in [6.07, 6.45) is 3.28. The van der Waals surface area contributed by atoms with E-state index < -0.39 is 5.97 Å². The summed E-state index contributed by atoms with van der Waals surface area (Å²) in [4.78, 5) is 23.6. The molecule has 1 aliphatic rings. The molecule has 0 aliphatic carbocycles. The lowest BCUT2D eigenvalue weighted by Crippen LogP contribution is -2.44. The molecule has 1 fully saturated rings. The van der Waals surface area contributed by atoms with Crippen LogP contribution in [0.3, 0.4) is 0 Å². The average Bonchev–Trinajstić information content (AvgIpc) is 2.28. The summed E-state index contributed by atoms with van der Waals surface area (Å²) in [5.41, 5.74) is 0. The van der Waals surface area contributed by atoms with Crippen LogP contribution in [0.15, 0.2) is 0 Å². The molecule has 0 bridgehead atoms. The lowest BCUT2D eigenvalue weighted by Gasteiger charge is -2.31. The first-order valence-electron chi connectivity index (χ1n) is 5.88. The molecular weight excluding hydrogens is 208 g/mol. The molecule has 2 N–H and O–H groups in total. The van der Waals surface area contributed by atoms with Crippen molar-refractivity contribution >= 4 is 12.0 Å². The van der Waals surface area contributed by atoms with E-state index in [9.17, 15) is 9.59 Å². The quantitative estimate of drug-likeness (QED) is 0.761. The minimum atomic E-state index is -0.884. The highest BCUT2D eigenvalue weighted by atomic mass is 16.4. The minimum Gasteiger partial charge on any atom is -0.481 e. The molecule has 1 rings (SSSR count). The number of carboxylic acids is 1. The molecule has 0 aromatic rings. The van der Waals surface area contributed by atoms with Crippen LogP contribution >= 0.6 is 0 Å². The van der Waals surface area contributed by atoms with Crippen molar-refractivity contribution < 1.29 is 14.7 Å². The van der Waals surface area contributed by atoms with Gasteiger partial charge in [0.25, 0.3) is 0 Å². The van der Waals surface area contributed by atoms with Gasteiger partial charge in [-0.15, -0.1) is 0 Å². The number of piperidine rings is 1. The van der Waals surface area contributed by atoms with Crippen LogP contribution in [0.25, 0.3) is 0 Å². The van der Waals surface area contributed by atoms with Crippen LogP contribution < -0.4 is 5.32 Å². The Kier molecular flexibility index (Phi) is 5.08. The lowest BCUT2D eigenvalue weighted by atomic mass is 9.95. The normalized spacial score (nSPS) is 17.2. The zero-order valence-electron chi connectivity index (χ0n) is 9.74. The maximum Gasteiger partial charge on any atom is 0.317 e. The van der Waals surface area contributed by atoms with E-state index in [-0.39, 0.29) is 19.0 Å². The third-order valence-corrected chi connectivity index (χ3v) is 3.09. The Morgan fingerprint density at radius 2 is 2.00 bits per heavy atom. The van der Waals surface area contributed by atoms with Crippen molar-refractivity contribution in [2.45, 2.75) is 32.6 Å². The number of amides is 2. The van der Waals surface area contributed by atoms with E-state index in [4.69, 9.17) is 5.11 Å². The molecule has 0 aromatic carbocycles. The van der Waals surface area contributed by atoms with Gasteiger partial charge in [0.15, 0.2) is 0 Å². The van der Waals surface area contributed by atoms with Crippen LogP contribution in [0.2, 0.25) is 0 Å². The summed E-state index contributed by atoms with van der Waals surface area (Å²) < 4.78 is 0. The average molecular weight is 228 g/mol. The Labute approximate surface area is 95.8 Å². The Morgan fingerprint density at radius 3 is 2.50 bits per heavy atom. The Balaban J connectivity index is 2.20. The first kappa shape index (κ1) is 12.8. The van der Waals surface area contributed by atoms with Crippen LogP contribution in [-0.2, 0) is 4.79 Å². The SMILES string of the molecule is CCC1CCN(C(=O)NCCC(=O)O)CC1. The third-order valence-electron chi connectivity index (χ3n) is 3.09. The van der Waals surface area contributed by atoms with Crippen molar-refractivity contribution in [3.63, 3.8) is 0 Å². The molecule has 1 heterocycles. The van der Waals surface area contributed by atoms with Gasteiger partial charge < -0.3 is 15.3 Å². The highest BCUT2D eigenvalue weighted by Crippen LogP contribution is 2.19. The second-order valence-electron chi connectivity index (χ2n) is 4.21. The molecule has 2 amide bonds. The van der Waals surface area contributed by atoms with Crippen molar-refractivity contribution in [1.82, 2.24) is 10.2 Å². The third kappa shape index (κ3) is 4.08. The van der Waals surface area contributed by atoms with Gasteiger partial charge in [-0.05, 0) is 18.8 Å². The largest absolute Gasteiger partial charge is 0.481 e. The first-order chi connectivity index (χ1) is 7.63. The van der Waals surface area contributed by atoms with Gasteiger partial charge in [0.2, 0.25) is 0 Å². The minimum absolute atomic E-state index is 0.0167. The van der Waals surface area contributed by atoms with Crippen LogP contribution in [-0.4, -0.2) is 41.6 Å². The summed E-state index contributed by atoms with van der Waals surface area (Å²) in [5.74, 6) is -0.145. The fourth-order valence-corrected chi connectivity index (χ4v) is 1.93. The molecule has 0 unspecified atom stereocenters. The smallest absolute Gasteiger partial charge is 0.317 e. The maximum atomic E-state index is 11.6. The number of urea groups is 1. The Morgan fingerprint density at radius 1 is 1.38 bits per heavy atom. The summed E-state index contributed by atoms with van der Waals surface area (Å²) in [5, 5.41) is 11.1. The van der Waals surface area contributed by atoms with E-state index in [1.165, 1.54) is 6.42 Å². The topological polar surface area (TPSA) is 69.6 Å². The van der Waals surface area contributed by atoms with Gasteiger partial charge in [-0.3, -0.25) is 4.79 Å². The number of carboxylic acid groups (broad SMARTS) is 1. The van der Waals surface area contributed by atoms with Crippen molar-refractivity contribution in [1.29, 1.82) is 0 Å². The van der Waals surface area contributed by atoms with E-state index in [0.717, 1.165) is 31.8 Å². The summed E-state index contributed by atoms with van der Waals surface area (Å²) in [7, 11) is 0. The van der Waals surface area contributed by atoms with E-state index >= 15 is 0 Å². The zero-order valence-corrected chi connectivity index (χ0v) is 9.74. The van der Waals surface area contributed by atoms with Gasteiger partial charge >= 0.3 is 12.0 Å². The molecule has 0 spiro atoms. The number of nitrogens with one attached hydrogen (secondary N) is 1. The molecule has 1 saturated heterocycles. The van der Waals surface area contributed by atoms with Crippen molar-refractivity contribution in [2.24, 2.45) is 5.92 Å². The predicted molar refractivity (Wildman–Crippen MR) is 60.2 cm³/mol. The maximum absolute atomic E-state index is 11.6. The molecule has 0 aromatic heterocycles. The van der Waals surface area contributed by atoms with Crippen molar-refractivity contribution in [2.75, 3.05) is 19.6 Å². The fourth-order valence-electron chi connectivity index (χ4n) is 1.93. The molecule has 16 heavy (non-hydrogen) atoms. The highest BCUT2D eigenvalue weighted by Gasteiger charge is 2.21. The van der Waals surface area contributed by atoms with E-state index in [2.05, 4.69) is 12.2 Å². The molecule has 0 atom stereocenters. The first-order valence-corrected chi connectivity index (χ1v) is 5.88. The van der Waals surface area contributed by atoms with Gasteiger partial charge in [-0.1, -0.05) is 13.3 Å². The molecule has 92 valence electrons. The molecular formula is C11H20N2O3. The Hall–Kier alpha value is -1.26. The molecule has 0 saturated carbocycles. The number of hydrogen-bond donors (Lipinski definition) is 2. The van der Waals surface area contributed by atoms with E-state index in [1.54, 1.807) is 4.90 Å². The number of likely N-dealkylation sites (tertiary alicyclic amines) is 1. The van der Waals surface area contributed by atoms with Gasteiger partial charge in [0.1, 0.15) is 0 Å². The van der Waals surface area contributed by atoms with Gasteiger partial charge in [0.05, 0.1) is 6.42 Å². The van der Waals surface area contributed by atoms with E-state index in [1.807, 2.05) is 0 Å². The number of hydrogen-bond acceptors (Lipinski definition) is 2. The molecule has 0 radical (unpaired) electrons. The van der Waals surface area contributed by atoms with Gasteiger partial charge in [-0.25, -0.2) is 4.79 Å². The van der Waals surface area contributed by atoms with Crippen molar-refractivity contribution in [3.8, 4) is 0 Å². The lowest BCUT2D eigenvalue weighted by molar-refractivity contribution is -0.136. The number of carbonyl (C=O) groups is 2. The molecule has 5 heteroatoms. The predicted octanol–water partition coefficient (Wildman–Crippen LogP) is 1.29. The number of aliphatic carboxylic acids is 1. The van der Waals surface area contributed by atoms with Crippen molar-refractivity contribution in [3.05, 3.63) is 0 Å². The molecule has 5 nitrogen and oxygen atoms in total. The fraction of sp³-hybridized carbons (Fsp3) is 0.818. The van der Waals surface area contributed by atoms with Crippen LogP contribution in [0.4, 0.5) is 4.79 Å².